The van der Waals surface area contributed by atoms with Crippen LogP contribution in [-0.4, -0.2) is 37.0 Å². The zero-order valence-corrected chi connectivity index (χ0v) is 20.8. The first kappa shape index (κ1) is 24.2. The molecule has 1 aliphatic rings. The van der Waals surface area contributed by atoms with E-state index in [1.165, 1.54) is 24.1 Å². The summed E-state index contributed by atoms with van der Waals surface area (Å²) in [5, 5.41) is 11.2. The van der Waals surface area contributed by atoms with Crippen molar-refractivity contribution in [3.05, 3.63) is 99.0 Å². The molecule has 1 atom stereocenters. The Kier molecular flexibility index (Phi) is 6.75. The second kappa shape index (κ2) is 9.76. The van der Waals surface area contributed by atoms with Gasteiger partial charge in [0, 0.05) is 15.7 Å². The van der Waals surface area contributed by atoms with Crippen LogP contribution in [0.15, 0.2) is 76.8 Å². The number of benzene rings is 3. The second-order valence-electron chi connectivity index (χ2n) is 7.94. The minimum absolute atomic E-state index is 0.0288. The number of aliphatic hydroxyl groups excluding tert-OH is 1. The van der Waals surface area contributed by atoms with Gasteiger partial charge in [-0.3, -0.25) is 14.5 Å². The zero-order valence-electron chi connectivity index (χ0n) is 19.2. The van der Waals surface area contributed by atoms with Crippen molar-refractivity contribution in [1.82, 2.24) is 0 Å². The van der Waals surface area contributed by atoms with E-state index in [1.54, 1.807) is 61.7 Å². The minimum atomic E-state index is -0.895. The molecule has 1 saturated heterocycles. The van der Waals surface area contributed by atoms with Crippen molar-refractivity contribution in [1.29, 1.82) is 0 Å². The predicted octanol–water partition coefficient (Wildman–Crippen LogP) is 5.18. The normalized spacial score (nSPS) is 16.9. The molecule has 1 aliphatic heterocycles. The number of aryl methyl sites for hydroxylation is 1. The lowest BCUT2D eigenvalue weighted by atomic mass is 9.94. The lowest BCUT2D eigenvalue weighted by Gasteiger charge is -2.25. The molecule has 1 fully saturated rings. The number of rotatable bonds is 5. The van der Waals surface area contributed by atoms with E-state index in [4.69, 9.17) is 9.47 Å². The van der Waals surface area contributed by atoms with Gasteiger partial charge in [-0.05, 0) is 66.6 Å². The van der Waals surface area contributed by atoms with Crippen molar-refractivity contribution < 1.29 is 29.0 Å². The minimum Gasteiger partial charge on any atom is -0.507 e. The van der Waals surface area contributed by atoms with Crippen molar-refractivity contribution in [3.63, 3.8) is 0 Å². The summed E-state index contributed by atoms with van der Waals surface area (Å²) in [7, 11) is 2.82. The maximum atomic E-state index is 13.3. The third-order valence-corrected chi connectivity index (χ3v) is 6.76. The number of ether oxygens (including phenoxy) is 2. The van der Waals surface area contributed by atoms with E-state index in [0.717, 1.165) is 10.0 Å². The maximum Gasteiger partial charge on any atom is 0.337 e. The summed E-state index contributed by atoms with van der Waals surface area (Å²) >= 11 is 3.44. The van der Waals surface area contributed by atoms with Gasteiger partial charge in [0.05, 0.1) is 31.4 Å². The molecule has 1 amide bonds. The van der Waals surface area contributed by atoms with Gasteiger partial charge in [0.15, 0.2) is 0 Å². The van der Waals surface area contributed by atoms with E-state index in [-0.39, 0.29) is 11.3 Å². The highest BCUT2D eigenvalue weighted by atomic mass is 79.9. The fraction of sp³-hybridized carbons (Fsp3) is 0.148. The summed E-state index contributed by atoms with van der Waals surface area (Å²) < 4.78 is 10.8. The maximum absolute atomic E-state index is 13.3. The van der Waals surface area contributed by atoms with Gasteiger partial charge in [-0.25, -0.2) is 4.79 Å². The number of hydrogen-bond donors (Lipinski definition) is 1. The Morgan fingerprint density at radius 2 is 1.57 bits per heavy atom. The molecule has 35 heavy (non-hydrogen) atoms. The largest absolute Gasteiger partial charge is 0.507 e. The molecule has 0 radical (unpaired) electrons. The summed E-state index contributed by atoms with van der Waals surface area (Å²) in [6.07, 6.45) is 0. The summed E-state index contributed by atoms with van der Waals surface area (Å²) in [6.45, 7) is 1.86. The molecular formula is C27H22BrNO6. The van der Waals surface area contributed by atoms with Crippen molar-refractivity contribution in [2.45, 2.75) is 13.0 Å². The smallest absolute Gasteiger partial charge is 0.337 e. The quantitative estimate of drug-likeness (QED) is 0.209. The number of Topliss-reactive ketones (excluding diaryl/α,β-unsaturated/α-hetero) is 1. The molecule has 4 rings (SSSR count). The van der Waals surface area contributed by atoms with Crippen molar-refractivity contribution in [3.8, 4) is 5.75 Å². The average molecular weight is 536 g/mol. The van der Waals surface area contributed by atoms with Gasteiger partial charge < -0.3 is 14.6 Å². The summed E-state index contributed by atoms with van der Waals surface area (Å²) in [4.78, 5) is 39.7. The van der Waals surface area contributed by atoms with Crippen LogP contribution >= 0.6 is 15.9 Å². The number of carbonyl (C=O) groups excluding carboxylic acids is 3. The lowest BCUT2D eigenvalue weighted by molar-refractivity contribution is -0.132. The van der Waals surface area contributed by atoms with Gasteiger partial charge in [0.2, 0.25) is 0 Å². The topological polar surface area (TPSA) is 93.1 Å². The molecule has 0 bridgehead atoms. The highest BCUT2D eigenvalue weighted by molar-refractivity contribution is 9.10. The number of carbonyl (C=O) groups is 3. The summed E-state index contributed by atoms with van der Waals surface area (Å²) in [5.74, 6) is -1.77. The molecule has 8 heteroatoms. The number of anilines is 1. The van der Waals surface area contributed by atoms with E-state index in [9.17, 15) is 19.5 Å². The zero-order chi connectivity index (χ0) is 25.3. The monoisotopic (exact) mass is 535 g/mol. The molecule has 0 spiro atoms. The van der Waals surface area contributed by atoms with E-state index < -0.39 is 23.7 Å². The average Bonchev–Trinajstić information content (AvgIpc) is 3.15. The van der Waals surface area contributed by atoms with Gasteiger partial charge in [0.1, 0.15) is 11.5 Å². The number of esters is 1. The molecule has 3 aromatic rings. The first-order valence-corrected chi connectivity index (χ1v) is 11.5. The third kappa shape index (κ3) is 4.44. The fourth-order valence-electron chi connectivity index (χ4n) is 4.02. The highest BCUT2D eigenvalue weighted by Crippen LogP contribution is 2.42. The molecule has 1 N–H and O–H groups in total. The van der Waals surface area contributed by atoms with E-state index >= 15 is 0 Å². The van der Waals surface area contributed by atoms with Crippen LogP contribution in [0.1, 0.15) is 33.1 Å². The number of hydrogen-bond acceptors (Lipinski definition) is 6. The fourth-order valence-corrected chi connectivity index (χ4v) is 4.27. The molecule has 0 aliphatic carbocycles. The van der Waals surface area contributed by atoms with Crippen LogP contribution in [0.4, 0.5) is 5.69 Å². The van der Waals surface area contributed by atoms with Gasteiger partial charge in [-0.15, -0.1) is 0 Å². The number of aliphatic hydroxyl groups is 1. The van der Waals surface area contributed by atoms with Crippen LogP contribution in [-0.2, 0) is 14.3 Å². The van der Waals surface area contributed by atoms with E-state index in [2.05, 4.69) is 15.9 Å². The Labute approximate surface area is 210 Å². The van der Waals surface area contributed by atoms with E-state index in [1.807, 2.05) is 6.92 Å². The molecule has 3 aromatic carbocycles. The Morgan fingerprint density at radius 1 is 0.943 bits per heavy atom. The van der Waals surface area contributed by atoms with Gasteiger partial charge in [-0.1, -0.05) is 34.1 Å². The summed E-state index contributed by atoms with van der Waals surface area (Å²) in [6, 6.07) is 17.4. The van der Waals surface area contributed by atoms with Crippen LogP contribution in [0.3, 0.4) is 0 Å². The van der Waals surface area contributed by atoms with E-state index in [0.29, 0.717) is 28.1 Å². The molecule has 1 heterocycles. The molecule has 1 unspecified atom stereocenters. The second-order valence-corrected chi connectivity index (χ2v) is 8.80. The highest BCUT2D eigenvalue weighted by Gasteiger charge is 2.47. The molecule has 178 valence electrons. The SMILES string of the molecule is COC(=O)c1ccc(N2C(=O)C(=O)/C(=C(\O)c3ccc(Br)c(C)c3)C2c2ccc(OC)cc2)cc1. The van der Waals surface area contributed by atoms with Gasteiger partial charge in [-0.2, -0.15) is 0 Å². The van der Waals surface area contributed by atoms with Gasteiger partial charge in [0.25, 0.3) is 11.7 Å². The number of nitrogens with zero attached hydrogens (tertiary/aromatic N) is 1. The first-order valence-electron chi connectivity index (χ1n) is 10.7. The first-order chi connectivity index (χ1) is 16.8. The Morgan fingerprint density at radius 3 is 2.14 bits per heavy atom. The van der Waals surface area contributed by atoms with Crippen molar-refractivity contribution >= 4 is 45.0 Å². The molecule has 7 nitrogen and oxygen atoms in total. The molecule has 0 aromatic heterocycles. The van der Waals surface area contributed by atoms with Crippen molar-refractivity contribution in [2.75, 3.05) is 19.1 Å². The number of amides is 1. The van der Waals surface area contributed by atoms with Gasteiger partial charge >= 0.3 is 5.97 Å². The third-order valence-electron chi connectivity index (χ3n) is 5.87. The lowest BCUT2D eigenvalue weighted by Crippen LogP contribution is -2.29. The van der Waals surface area contributed by atoms with Crippen LogP contribution in [0.2, 0.25) is 0 Å². The predicted molar refractivity (Wildman–Crippen MR) is 134 cm³/mol. The number of halogens is 1. The Bertz CT molecular complexity index is 1350. The molecular weight excluding hydrogens is 514 g/mol. The summed E-state index contributed by atoms with van der Waals surface area (Å²) in [5.41, 5.74) is 2.56. The number of ketones is 1. The standard InChI is InChI=1S/C27H22BrNO6/c1-15-14-18(8-13-21(15)28)24(30)22-23(16-6-11-20(34-2)12-7-16)29(26(32)25(22)31)19-9-4-17(5-10-19)27(33)35-3/h4-14,23,30H,1-3H3/b24-22-. The van der Waals surface area contributed by atoms with Crippen molar-refractivity contribution in [2.24, 2.45) is 0 Å². The Balaban J connectivity index is 1.90. The van der Waals surface area contributed by atoms with Crippen LogP contribution in [0.25, 0.3) is 5.76 Å². The number of methoxy groups -OCH3 is 2. The van der Waals surface area contributed by atoms with Crippen LogP contribution < -0.4 is 9.64 Å². The van der Waals surface area contributed by atoms with Crippen LogP contribution in [0.5, 0.6) is 5.75 Å². The molecule has 0 saturated carbocycles. The van der Waals surface area contributed by atoms with Crippen LogP contribution in [0, 0.1) is 6.92 Å². The Hall–Kier alpha value is -3.91.